The molecule has 0 unspecified atom stereocenters. The number of nitrogens with one attached hydrogen (secondary N) is 1. The van der Waals surface area contributed by atoms with E-state index in [2.05, 4.69) is 20.6 Å². The smallest absolute Gasteiger partial charge is 0.174 e. The molecule has 0 aromatic carbocycles. The van der Waals surface area contributed by atoms with Gasteiger partial charge in [0.25, 0.3) is 0 Å². The number of rotatable bonds is 3. The van der Waals surface area contributed by atoms with Gasteiger partial charge in [0.1, 0.15) is 0 Å². The first-order chi connectivity index (χ1) is 4.79. The van der Waals surface area contributed by atoms with Crippen molar-refractivity contribution >= 4 is 0 Å². The second-order valence-electron chi connectivity index (χ2n) is 2.34. The Balaban J connectivity index is 2.28. The van der Waals surface area contributed by atoms with Crippen molar-refractivity contribution in [2.45, 2.75) is 25.8 Å². The minimum absolute atomic E-state index is 0.207. The largest absolute Gasteiger partial charge is 0.328 e. The van der Waals surface area contributed by atoms with Crippen LogP contribution in [0.2, 0.25) is 0 Å². The van der Waals surface area contributed by atoms with Crippen LogP contribution in [0.15, 0.2) is 0 Å². The highest BCUT2D eigenvalue weighted by Gasteiger charge is 1.99. The highest BCUT2D eigenvalue weighted by Crippen LogP contribution is 1.93. The first kappa shape index (κ1) is 7.14. The van der Waals surface area contributed by atoms with Gasteiger partial charge in [-0.3, -0.25) is 0 Å². The molecule has 5 nitrogen and oxygen atoms in total. The number of tetrazole rings is 1. The zero-order valence-corrected chi connectivity index (χ0v) is 5.91. The molecule has 0 aliphatic heterocycles. The number of nitrogens with zero attached hydrogens (tertiary/aromatic N) is 3. The summed E-state index contributed by atoms with van der Waals surface area (Å²) in [5, 5.41) is 13.4. The van der Waals surface area contributed by atoms with Gasteiger partial charge in [-0.15, -0.1) is 10.2 Å². The molecule has 0 saturated carbocycles. The topological polar surface area (TPSA) is 80.5 Å². The van der Waals surface area contributed by atoms with Gasteiger partial charge in [-0.05, 0) is 13.3 Å². The fraction of sp³-hybridized carbons (Fsp3) is 0.800. The van der Waals surface area contributed by atoms with Gasteiger partial charge in [0, 0.05) is 12.5 Å². The third kappa shape index (κ3) is 2.10. The van der Waals surface area contributed by atoms with Gasteiger partial charge in [-0.2, -0.15) is 5.21 Å². The maximum Gasteiger partial charge on any atom is 0.174 e. The van der Waals surface area contributed by atoms with Crippen molar-refractivity contribution in [1.82, 2.24) is 20.6 Å². The van der Waals surface area contributed by atoms with Crippen molar-refractivity contribution in [2.75, 3.05) is 0 Å². The highest BCUT2D eigenvalue weighted by atomic mass is 15.5. The van der Waals surface area contributed by atoms with E-state index in [9.17, 15) is 0 Å². The number of hydrogen-bond acceptors (Lipinski definition) is 4. The molecular weight excluding hydrogens is 130 g/mol. The lowest BCUT2D eigenvalue weighted by molar-refractivity contribution is 0.648. The van der Waals surface area contributed by atoms with Crippen LogP contribution in [0.5, 0.6) is 0 Å². The van der Waals surface area contributed by atoms with Gasteiger partial charge >= 0.3 is 0 Å². The maximum absolute atomic E-state index is 5.52. The van der Waals surface area contributed by atoms with Crippen molar-refractivity contribution in [3.63, 3.8) is 0 Å². The van der Waals surface area contributed by atoms with Crippen molar-refractivity contribution in [3.05, 3.63) is 5.82 Å². The number of nitrogens with two attached hydrogens (primary N) is 1. The molecule has 1 heterocycles. The van der Waals surface area contributed by atoms with Crippen molar-refractivity contribution < 1.29 is 0 Å². The van der Waals surface area contributed by atoms with Crippen LogP contribution in [0.1, 0.15) is 19.2 Å². The summed E-state index contributed by atoms with van der Waals surface area (Å²) in [6, 6.07) is 0.207. The first-order valence-electron chi connectivity index (χ1n) is 3.27. The van der Waals surface area contributed by atoms with Crippen LogP contribution in [0.3, 0.4) is 0 Å². The summed E-state index contributed by atoms with van der Waals surface area (Å²) in [7, 11) is 0. The highest BCUT2D eigenvalue weighted by molar-refractivity contribution is 4.76. The normalized spacial score (nSPS) is 13.4. The van der Waals surface area contributed by atoms with E-state index < -0.39 is 0 Å². The summed E-state index contributed by atoms with van der Waals surface area (Å²) in [6.07, 6.45) is 1.70. The fourth-order valence-electron chi connectivity index (χ4n) is 0.645. The molecule has 0 aliphatic carbocycles. The molecule has 1 atom stereocenters. The summed E-state index contributed by atoms with van der Waals surface area (Å²) in [5.41, 5.74) is 5.52. The molecule has 0 amide bonds. The Labute approximate surface area is 59.0 Å². The van der Waals surface area contributed by atoms with Crippen LogP contribution in [-0.2, 0) is 6.42 Å². The molecule has 3 N–H and O–H groups in total. The molecular formula is C5H11N5. The molecule has 10 heavy (non-hydrogen) atoms. The number of aryl methyl sites for hydroxylation is 1. The standard InChI is InChI=1S/C5H11N5/c1-4(6)2-3-5-7-9-10-8-5/h4H,2-3,6H2,1H3,(H,7,8,9,10)/t4-/m0/s1. The van der Waals surface area contributed by atoms with E-state index in [1.165, 1.54) is 0 Å². The first-order valence-corrected chi connectivity index (χ1v) is 3.27. The Hall–Kier alpha value is -0.970. The summed E-state index contributed by atoms with van der Waals surface area (Å²) < 4.78 is 0. The molecule has 0 fully saturated rings. The van der Waals surface area contributed by atoms with Crippen LogP contribution in [0.25, 0.3) is 0 Å². The SMILES string of the molecule is C[C@H](N)CCc1nn[nH]n1. The van der Waals surface area contributed by atoms with E-state index in [1.807, 2.05) is 6.92 Å². The van der Waals surface area contributed by atoms with E-state index in [-0.39, 0.29) is 6.04 Å². The lowest BCUT2D eigenvalue weighted by Gasteiger charge is -1.98. The monoisotopic (exact) mass is 141 g/mol. The second kappa shape index (κ2) is 3.26. The van der Waals surface area contributed by atoms with E-state index in [4.69, 9.17) is 5.73 Å². The zero-order valence-electron chi connectivity index (χ0n) is 5.91. The van der Waals surface area contributed by atoms with Crippen LogP contribution in [-0.4, -0.2) is 26.7 Å². The minimum Gasteiger partial charge on any atom is -0.328 e. The van der Waals surface area contributed by atoms with Crippen LogP contribution >= 0.6 is 0 Å². The van der Waals surface area contributed by atoms with Gasteiger partial charge < -0.3 is 5.73 Å². The minimum atomic E-state index is 0.207. The van der Waals surface area contributed by atoms with Gasteiger partial charge in [0.05, 0.1) is 0 Å². The van der Waals surface area contributed by atoms with E-state index >= 15 is 0 Å². The average molecular weight is 141 g/mol. The number of H-pyrrole nitrogens is 1. The second-order valence-corrected chi connectivity index (χ2v) is 2.34. The van der Waals surface area contributed by atoms with E-state index in [1.54, 1.807) is 0 Å². The van der Waals surface area contributed by atoms with Gasteiger partial charge in [-0.1, -0.05) is 5.21 Å². The number of hydrogen-bond donors (Lipinski definition) is 2. The third-order valence-corrected chi connectivity index (χ3v) is 1.21. The quantitative estimate of drug-likeness (QED) is 0.593. The molecule has 1 aromatic rings. The summed E-state index contributed by atoms with van der Waals surface area (Å²) in [6.45, 7) is 1.96. The number of aromatic nitrogens is 4. The maximum atomic E-state index is 5.52. The van der Waals surface area contributed by atoms with Gasteiger partial charge in [-0.25, -0.2) is 0 Å². The van der Waals surface area contributed by atoms with Crippen LogP contribution < -0.4 is 5.73 Å². The summed E-state index contributed by atoms with van der Waals surface area (Å²) in [4.78, 5) is 0. The molecule has 0 spiro atoms. The Bertz CT molecular complexity index is 168. The van der Waals surface area contributed by atoms with Crippen molar-refractivity contribution in [2.24, 2.45) is 5.73 Å². The van der Waals surface area contributed by atoms with E-state index in [0.29, 0.717) is 0 Å². The Morgan fingerprint density at radius 3 is 3.00 bits per heavy atom. The lowest BCUT2D eigenvalue weighted by Crippen LogP contribution is -2.15. The summed E-state index contributed by atoms with van der Waals surface area (Å²) in [5.74, 6) is 0.734. The third-order valence-electron chi connectivity index (χ3n) is 1.21. The fourth-order valence-corrected chi connectivity index (χ4v) is 0.645. The molecule has 5 heteroatoms. The Morgan fingerprint density at radius 2 is 2.50 bits per heavy atom. The molecule has 1 aromatic heterocycles. The van der Waals surface area contributed by atoms with Crippen molar-refractivity contribution in [1.29, 1.82) is 0 Å². The lowest BCUT2D eigenvalue weighted by atomic mass is 10.2. The summed E-state index contributed by atoms with van der Waals surface area (Å²) >= 11 is 0. The van der Waals surface area contributed by atoms with Crippen molar-refractivity contribution in [3.8, 4) is 0 Å². The predicted molar refractivity (Wildman–Crippen MR) is 36.1 cm³/mol. The molecule has 1 rings (SSSR count). The molecule has 56 valence electrons. The Morgan fingerprint density at radius 1 is 1.70 bits per heavy atom. The number of aromatic amines is 1. The van der Waals surface area contributed by atoms with Gasteiger partial charge in [0.15, 0.2) is 5.82 Å². The van der Waals surface area contributed by atoms with Crippen LogP contribution in [0, 0.1) is 0 Å². The Kier molecular flexibility index (Phi) is 2.33. The van der Waals surface area contributed by atoms with Crippen LogP contribution in [0.4, 0.5) is 0 Å². The average Bonchev–Trinajstić information content (AvgIpc) is 2.34. The van der Waals surface area contributed by atoms with E-state index in [0.717, 1.165) is 18.7 Å². The predicted octanol–water partition coefficient (Wildman–Crippen LogP) is -0.520. The zero-order chi connectivity index (χ0) is 7.40. The molecule has 0 aliphatic rings. The molecule has 0 saturated heterocycles. The molecule has 0 radical (unpaired) electrons. The van der Waals surface area contributed by atoms with Gasteiger partial charge in [0.2, 0.25) is 0 Å². The molecule has 0 bridgehead atoms.